The minimum Gasteiger partial charge on any atom is -0.481 e. The highest BCUT2D eigenvalue weighted by Gasteiger charge is 2.34. The zero-order valence-electron chi connectivity index (χ0n) is 11.3. The Hall–Kier alpha value is -1.76. The third kappa shape index (κ3) is 4.63. The van der Waals surface area contributed by atoms with Gasteiger partial charge in [-0.1, -0.05) is 18.2 Å². The summed E-state index contributed by atoms with van der Waals surface area (Å²) in [5.74, 6) is -1.65. The van der Waals surface area contributed by atoms with Crippen molar-refractivity contribution in [2.24, 2.45) is 5.92 Å². The van der Waals surface area contributed by atoms with Crippen LogP contribution in [0.2, 0.25) is 0 Å². The number of piperidine rings is 1. The number of hydrogen-bond donors (Lipinski definition) is 2. The number of carboxylic acids is 1. The summed E-state index contributed by atoms with van der Waals surface area (Å²) < 4.78 is 36.9. The molecule has 0 aliphatic carbocycles. The molecule has 0 radical (unpaired) electrons. The summed E-state index contributed by atoms with van der Waals surface area (Å²) >= 11 is 0. The molecule has 1 aromatic carbocycles. The highest BCUT2D eigenvalue weighted by atomic mass is 19.4. The summed E-state index contributed by atoms with van der Waals surface area (Å²) in [6.45, 7) is -0.431. The van der Waals surface area contributed by atoms with Gasteiger partial charge in [-0.15, -0.1) is 0 Å². The summed E-state index contributed by atoms with van der Waals surface area (Å²) in [4.78, 5) is 13.0. The average Bonchev–Trinajstić information content (AvgIpc) is 2.45. The molecule has 4 nitrogen and oxygen atoms in total. The molecule has 7 heteroatoms. The SMILES string of the molecule is O=C(O)C1CC(NCC(F)(F)F)CN(c2ccccc2)C1. The first kappa shape index (κ1) is 15.6. The van der Waals surface area contributed by atoms with Gasteiger partial charge in [-0.25, -0.2) is 0 Å². The second-order valence-corrected chi connectivity index (χ2v) is 5.20. The normalized spacial score (nSPS) is 23.1. The molecule has 0 saturated carbocycles. The third-order valence-electron chi connectivity index (χ3n) is 3.51. The van der Waals surface area contributed by atoms with Crippen LogP contribution in [0.1, 0.15) is 6.42 Å². The van der Waals surface area contributed by atoms with Gasteiger partial charge in [0, 0.05) is 24.8 Å². The number of halogens is 3. The number of aliphatic carboxylic acids is 1. The Kier molecular flexibility index (Phi) is 4.72. The highest BCUT2D eigenvalue weighted by molar-refractivity contribution is 5.71. The highest BCUT2D eigenvalue weighted by Crippen LogP contribution is 2.24. The van der Waals surface area contributed by atoms with Gasteiger partial charge in [0.2, 0.25) is 0 Å². The molecule has 0 bridgehead atoms. The molecule has 2 unspecified atom stereocenters. The quantitative estimate of drug-likeness (QED) is 0.894. The Balaban J connectivity index is 2.07. The van der Waals surface area contributed by atoms with Gasteiger partial charge in [-0.2, -0.15) is 13.2 Å². The molecule has 21 heavy (non-hydrogen) atoms. The Labute approximate surface area is 120 Å². The summed E-state index contributed by atoms with van der Waals surface area (Å²) in [6.07, 6.45) is -4.09. The van der Waals surface area contributed by atoms with E-state index in [0.717, 1.165) is 5.69 Å². The Morgan fingerprint density at radius 2 is 1.95 bits per heavy atom. The van der Waals surface area contributed by atoms with Crippen molar-refractivity contribution >= 4 is 11.7 Å². The first-order valence-electron chi connectivity index (χ1n) is 6.68. The summed E-state index contributed by atoms with van der Waals surface area (Å²) in [7, 11) is 0. The number of alkyl halides is 3. The zero-order chi connectivity index (χ0) is 15.5. The maximum Gasteiger partial charge on any atom is 0.401 e. The molecule has 0 spiro atoms. The Bertz CT molecular complexity index is 479. The lowest BCUT2D eigenvalue weighted by molar-refractivity contribution is -0.142. The number of benzene rings is 1. The number of para-hydroxylation sites is 1. The number of nitrogens with one attached hydrogen (secondary N) is 1. The van der Waals surface area contributed by atoms with Gasteiger partial charge >= 0.3 is 12.1 Å². The van der Waals surface area contributed by atoms with Crippen LogP contribution in [0, 0.1) is 5.92 Å². The predicted molar refractivity (Wildman–Crippen MR) is 72.2 cm³/mol. The molecule has 1 aromatic rings. The molecule has 1 fully saturated rings. The number of carboxylic acid groups (broad SMARTS) is 1. The molecule has 1 saturated heterocycles. The topological polar surface area (TPSA) is 52.6 Å². The number of rotatable bonds is 4. The van der Waals surface area contributed by atoms with Crippen molar-refractivity contribution in [3.05, 3.63) is 30.3 Å². The van der Waals surface area contributed by atoms with Gasteiger partial charge in [0.25, 0.3) is 0 Å². The van der Waals surface area contributed by atoms with Crippen LogP contribution >= 0.6 is 0 Å². The molecule has 2 rings (SSSR count). The minimum absolute atomic E-state index is 0.203. The second-order valence-electron chi connectivity index (χ2n) is 5.20. The van der Waals surface area contributed by atoms with E-state index in [1.807, 2.05) is 35.2 Å². The first-order chi connectivity index (χ1) is 9.85. The lowest BCUT2D eigenvalue weighted by Crippen LogP contribution is -2.52. The molecule has 1 heterocycles. The van der Waals surface area contributed by atoms with Crippen LogP contribution in [0.5, 0.6) is 0 Å². The van der Waals surface area contributed by atoms with Gasteiger partial charge in [-0.3, -0.25) is 4.79 Å². The van der Waals surface area contributed by atoms with E-state index in [1.54, 1.807) is 0 Å². The second kappa shape index (κ2) is 6.34. The van der Waals surface area contributed by atoms with Gasteiger partial charge in [0.15, 0.2) is 0 Å². The molecule has 1 aliphatic heterocycles. The van der Waals surface area contributed by atoms with E-state index in [0.29, 0.717) is 13.1 Å². The molecule has 2 atom stereocenters. The molecular weight excluding hydrogens is 285 g/mol. The number of hydrogen-bond acceptors (Lipinski definition) is 3. The van der Waals surface area contributed by atoms with Crippen molar-refractivity contribution in [1.82, 2.24) is 5.32 Å². The Morgan fingerprint density at radius 1 is 1.29 bits per heavy atom. The monoisotopic (exact) mass is 302 g/mol. The fourth-order valence-corrected chi connectivity index (χ4v) is 2.54. The van der Waals surface area contributed by atoms with E-state index in [-0.39, 0.29) is 6.42 Å². The van der Waals surface area contributed by atoms with E-state index in [4.69, 9.17) is 0 Å². The standard InChI is InChI=1S/C14H17F3N2O2/c15-14(16,17)9-18-11-6-10(13(20)21)7-19(8-11)12-4-2-1-3-5-12/h1-5,10-11,18H,6-9H2,(H,20,21). The largest absolute Gasteiger partial charge is 0.481 e. The van der Waals surface area contributed by atoms with Crippen molar-refractivity contribution in [3.63, 3.8) is 0 Å². The summed E-state index contributed by atoms with van der Waals surface area (Å²) in [6, 6.07) is 8.62. The van der Waals surface area contributed by atoms with Gasteiger partial charge in [0.1, 0.15) is 0 Å². The van der Waals surface area contributed by atoms with Gasteiger partial charge < -0.3 is 15.3 Å². The van der Waals surface area contributed by atoms with E-state index < -0.39 is 30.7 Å². The van der Waals surface area contributed by atoms with Crippen LogP contribution in [-0.2, 0) is 4.79 Å². The van der Waals surface area contributed by atoms with Gasteiger partial charge in [-0.05, 0) is 18.6 Å². The average molecular weight is 302 g/mol. The van der Waals surface area contributed by atoms with Crippen molar-refractivity contribution in [2.45, 2.75) is 18.6 Å². The fraction of sp³-hybridized carbons (Fsp3) is 0.500. The maximum absolute atomic E-state index is 12.3. The molecule has 1 aliphatic rings. The predicted octanol–water partition coefficient (Wildman–Crippen LogP) is 2.12. The number of nitrogens with zero attached hydrogens (tertiary/aromatic N) is 1. The van der Waals surface area contributed by atoms with E-state index >= 15 is 0 Å². The summed E-state index contributed by atoms with van der Waals surface area (Å²) in [5.41, 5.74) is 0.822. The van der Waals surface area contributed by atoms with Crippen LogP contribution < -0.4 is 10.2 Å². The van der Waals surface area contributed by atoms with Crippen molar-refractivity contribution < 1.29 is 23.1 Å². The summed E-state index contributed by atoms with van der Waals surface area (Å²) in [5, 5.41) is 11.6. The number of anilines is 1. The van der Waals surface area contributed by atoms with Crippen molar-refractivity contribution in [2.75, 3.05) is 24.5 Å². The van der Waals surface area contributed by atoms with Crippen LogP contribution in [0.15, 0.2) is 30.3 Å². The fourth-order valence-electron chi connectivity index (χ4n) is 2.54. The minimum atomic E-state index is -4.30. The molecule has 0 aromatic heterocycles. The van der Waals surface area contributed by atoms with Gasteiger partial charge in [0.05, 0.1) is 12.5 Å². The molecular formula is C14H17F3N2O2. The van der Waals surface area contributed by atoms with Crippen LogP contribution in [-0.4, -0.2) is 42.9 Å². The maximum atomic E-state index is 12.3. The van der Waals surface area contributed by atoms with Crippen LogP contribution in [0.4, 0.5) is 18.9 Å². The van der Waals surface area contributed by atoms with Crippen LogP contribution in [0.25, 0.3) is 0 Å². The zero-order valence-corrected chi connectivity index (χ0v) is 11.3. The lowest BCUT2D eigenvalue weighted by atomic mass is 9.93. The lowest BCUT2D eigenvalue weighted by Gasteiger charge is -2.38. The smallest absolute Gasteiger partial charge is 0.401 e. The first-order valence-corrected chi connectivity index (χ1v) is 6.68. The molecule has 2 N–H and O–H groups in total. The van der Waals surface area contributed by atoms with E-state index in [2.05, 4.69) is 5.32 Å². The third-order valence-corrected chi connectivity index (χ3v) is 3.51. The van der Waals surface area contributed by atoms with E-state index in [9.17, 15) is 23.1 Å². The van der Waals surface area contributed by atoms with E-state index in [1.165, 1.54) is 0 Å². The number of carbonyl (C=O) groups is 1. The van der Waals surface area contributed by atoms with Crippen LogP contribution in [0.3, 0.4) is 0 Å². The Morgan fingerprint density at radius 3 is 2.52 bits per heavy atom. The molecule has 0 amide bonds. The van der Waals surface area contributed by atoms with Crippen molar-refractivity contribution in [1.29, 1.82) is 0 Å². The molecule has 116 valence electrons. The van der Waals surface area contributed by atoms with Crippen molar-refractivity contribution in [3.8, 4) is 0 Å².